The predicted octanol–water partition coefficient (Wildman–Crippen LogP) is 1.85. The first kappa shape index (κ1) is 18.4. The Morgan fingerprint density at radius 2 is 1.96 bits per heavy atom. The van der Waals surface area contributed by atoms with Crippen LogP contribution in [0.3, 0.4) is 0 Å². The number of carbonyl (C=O) groups is 3. The van der Waals surface area contributed by atoms with E-state index in [9.17, 15) is 19.5 Å². The Hall–Kier alpha value is -1.93. The molecule has 146 valence electrons. The van der Waals surface area contributed by atoms with Crippen LogP contribution in [0.25, 0.3) is 0 Å². The van der Waals surface area contributed by atoms with Crippen LogP contribution in [0.15, 0.2) is 6.07 Å². The van der Waals surface area contributed by atoms with Gasteiger partial charge in [-0.25, -0.2) is 4.79 Å². The van der Waals surface area contributed by atoms with Crippen LogP contribution < -0.4 is 0 Å². The highest BCUT2D eigenvalue weighted by Crippen LogP contribution is 2.45. The van der Waals surface area contributed by atoms with Gasteiger partial charge in [-0.05, 0) is 43.7 Å². The quantitative estimate of drug-likeness (QED) is 0.848. The number of hydrogen-bond donors (Lipinski definition) is 1. The second kappa shape index (κ2) is 7.24. The lowest BCUT2D eigenvalue weighted by molar-refractivity contribution is -0.147. The topological polar surface area (TPSA) is 87.2 Å². The minimum Gasteiger partial charge on any atom is -0.477 e. The standard InChI is InChI=1S/C19H24N2O5S/c22-15-3-1-2-7-21(15)12-16(23)20-8-5-19(6-9-20)17-13(4-10-26-19)11-14(27-17)18(24)25/h11H,1-10,12H2,(H,24,25). The van der Waals surface area contributed by atoms with Crippen LogP contribution in [0.2, 0.25) is 0 Å². The first-order chi connectivity index (χ1) is 13.0. The largest absolute Gasteiger partial charge is 0.477 e. The molecule has 0 atom stereocenters. The van der Waals surface area contributed by atoms with Gasteiger partial charge < -0.3 is 19.6 Å². The lowest BCUT2D eigenvalue weighted by atomic mass is 9.85. The smallest absolute Gasteiger partial charge is 0.345 e. The summed E-state index contributed by atoms with van der Waals surface area (Å²) in [7, 11) is 0. The zero-order chi connectivity index (χ0) is 19.0. The van der Waals surface area contributed by atoms with Crippen molar-refractivity contribution in [1.29, 1.82) is 0 Å². The molecule has 7 nitrogen and oxygen atoms in total. The van der Waals surface area contributed by atoms with Crippen molar-refractivity contribution in [2.75, 3.05) is 32.8 Å². The number of amides is 2. The van der Waals surface area contributed by atoms with Crippen LogP contribution >= 0.6 is 11.3 Å². The number of nitrogens with zero attached hydrogens (tertiary/aromatic N) is 2. The minimum absolute atomic E-state index is 0.00598. The summed E-state index contributed by atoms with van der Waals surface area (Å²) in [4.78, 5) is 40.8. The van der Waals surface area contributed by atoms with Gasteiger partial charge in [-0.2, -0.15) is 0 Å². The average molecular weight is 392 g/mol. The molecule has 4 rings (SSSR count). The van der Waals surface area contributed by atoms with Crippen LogP contribution in [0.5, 0.6) is 0 Å². The number of ether oxygens (including phenoxy) is 1. The molecule has 0 unspecified atom stereocenters. The number of likely N-dealkylation sites (tertiary alicyclic amines) is 2. The van der Waals surface area contributed by atoms with Gasteiger partial charge in [-0.3, -0.25) is 9.59 Å². The summed E-state index contributed by atoms with van der Waals surface area (Å²) in [6.07, 6.45) is 4.48. The highest BCUT2D eigenvalue weighted by atomic mass is 32.1. The summed E-state index contributed by atoms with van der Waals surface area (Å²) in [6.45, 7) is 2.56. The highest BCUT2D eigenvalue weighted by molar-refractivity contribution is 7.14. The molecule has 1 N–H and O–H groups in total. The highest BCUT2D eigenvalue weighted by Gasteiger charge is 2.43. The van der Waals surface area contributed by atoms with Crippen LogP contribution in [0.1, 0.15) is 52.2 Å². The number of carboxylic acid groups (broad SMARTS) is 1. The van der Waals surface area contributed by atoms with Gasteiger partial charge in [0.05, 0.1) is 13.2 Å². The lowest BCUT2D eigenvalue weighted by Crippen LogP contribution is -2.51. The number of carboxylic acids is 1. The first-order valence-corrected chi connectivity index (χ1v) is 10.4. The zero-order valence-electron chi connectivity index (χ0n) is 15.2. The van der Waals surface area contributed by atoms with E-state index in [1.54, 1.807) is 11.0 Å². The van der Waals surface area contributed by atoms with Crippen molar-refractivity contribution in [3.63, 3.8) is 0 Å². The molecule has 4 heterocycles. The van der Waals surface area contributed by atoms with E-state index in [1.165, 1.54) is 11.3 Å². The number of hydrogen-bond acceptors (Lipinski definition) is 5. The summed E-state index contributed by atoms with van der Waals surface area (Å²) < 4.78 is 6.14. The predicted molar refractivity (Wildman–Crippen MR) is 98.9 cm³/mol. The molecule has 0 saturated carbocycles. The van der Waals surface area contributed by atoms with Gasteiger partial charge in [-0.15, -0.1) is 11.3 Å². The van der Waals surface area contributed by atoms with Crippen molar-refractivity contribution in [2.45, 2.75) is 44.1 Å². The molecule has 0 aliphatic carbocycles. The van der Waals surface area contributed by atoms with E-state index in [0.29, 0.717) is 50.4 Å². The maximum atomic E-state index is 12.6. The molecule has 0 radical (unpaired) electrons. The van der Waals surface area contributed by atoms with E-state index in [-0.39, 0.29) is 18.4 Å². The molecule has 0 aromatic carbocycles. The minimum atomic E-state index is -0.900. The maximum Gasteiger partial charge on any atom is 0.345 e. The molecule has 27 heavy (non-hydrogen) atoms. The van der Waals surface area contributed by atoms with Gasteiger partial charge in [0, 0.05) is 30.9 Å². The third-order valence-corrected chi connectivity index (χ3v) is 7.21. The van der Waals surface area contributed by atoms with Crippen molar-refractivity contribution < 1.29 is 24.2 Å². The zero-order valence-corrected chi connectivity index (χ0v) is 16.1. The van der Waals surface area contributed by atoms with Gasteiger partial charge in [0.1, 0.15) is 10.5 Å². The molecule has 1 aromatic heterocycles. The molecular weight excluding hydrogens is 368 g/mol. The van der Waals surface area contributed by atoms with Gasteiger partial charge in [-0.1, -0.05) is 0 Å². The maximum absolute atomic E-state index is 12.6. The first-order valence-electron chi connectivity index (χ1n) is 9.54. The van der Waals surface area contributed by atoms with Gasteiger partial charge in [0.15, 0.2) is 0 Å². The Balaban J connectivity index is 1.42. The van der Waals surface area contributed by atoms with Crippen molar-refractivity contribution >= 4 is 29.1 Å². The summed E-state index contributed by atoms with van der Waals surface area (Å²) in [5, 5.41) is 9.30. The van der Waals surface area contributed by atoms with Crippen LogP contribution in [-0.4, -0.2) is 65.5 Å². The van der Waals surface area contributed by atoms with Crippen molar-refractivity contribution in [3.8, 4) is 0 Å². The number of thiophene rings is 1. The molecule has 3 aliphatic heterocycles. The number of rotatable bonds is 3. The molecule has 1 aromatic rings. The van der Waals surface area contributed by atoms with Crippen LogP contribution in [-0.2, 0) is 26.3 Å². The van der Waals surface area contributed by atoms with Gasteiger partial charge in [0.2, 0.25) is 11.8 Å². The second-order valence-corrected chi connectivity index (χ2v) is 8.57. The number of piperidine rings is 2. The fraction of sp³-hybridized carbons (Fsp3) is 0.632. The monoisotopic (exact) mass is 392 g/mol. The number of carbonyl (C=O) groups excluding carboxylic acids is 2. The fourth-order valence-corrected chi connectivity index (χ4v) is 5.56. The van der Waals surface area contributed by atoms with E-state index in [0.717, 1.165) is 29.7 Å². The number of fused-ring (bicyclic) bond motifs is 2. The Kier molecular flexibility index (Phi) is 4.94. The van der Waals surface area contributed by atoms with Gasteiger partial charge in [0.25, 0.3) is 0 Å². The SMILES string of the molecule is O=C(O)c1cc2c(s1)C1(CCN(C(=O)CN3CCCCC3=O)CC1)OCC2. The Labute approximate surface area is 161 Å². The molecule has 2 fully saturated rings. The summed E-state index contributed by atoms with van der Waals surface area (Å²) in [6, 6.07) is 1.77. The Morgan fingerprint density at radius 3 is 2.67 bits per heavy atom. The van der Waals surface area contributed by atoms with Gasteiger partial charge >= 0.3 is 5.97 Å². The van der Waals surface area contributed by atoms with E-state index in [4.69, 9.17) is 4.74 Å². The molecule has 1 spiro atoms. The van der Waals surface area contributed by atoms with E-state index in [1.807, 2.05) is 4.90 Å². The molecule has 8 heteroatoms. The summed E-state index contributed by atoms with van der Waals surface area (Å²) >= 11 is 1.31. The van der Waals surface area contributed by atoms with Crippen molar-refractivity contribution in [1.82, 2.24) is 9.80 Å². The average Bonchev–Trinajstić information content (AvgIpc) is 3.11. The van der Waals surface area contributed by atoms with Crippen LogP contribution in [0, 0.1) is 0 Å². The van der Waals surface area contributed by atoms with Crippen molar-refractivity contribution in [3.05, 3.63) is 21.4 Å². The van der Waals surface area contributed by atoms with Crippen molar-refractivity contribution in [2.24, 2.45) is 0 Å². The summed E-state index contributed by atoms with van der Waals surface area (Å²) in [5.74, 6) is -0.833. The molecule has 0 bridgehead atoms. The summed E-state index contributed by atoms with van der Waals surface area (Å²) in [5.41, 5.74) is 0.603. The fourth-order valence-electron chi connectivity index (χ4n) is 4.31. The normalized spacial score (nSPS) is 22.0. The number of aromatic carboxylic acids is 1. The molecule has 3 aliphatic rings. The third kappa shape index (κ3) is 3.48. The van der Waals surface area contributed by atoms with E-state index < -0.39 is 11.6 Å². The molecular formula is C19H24N2O5S. The Bertz CT molecular complexity index is 766. The van der Waals surface area contributed by atoms with E-state index in [2.05, 4.69) is 0 Å². The third-order valence-electron chi connectivity index (χ3n) is 5.85. The molecule has 2 saturated heterocycles. The lowest BCUT2D eigenvalue weighted by Gasteiger charge is -2.44. The Morgan fingerprint density at radius 1 is 1.19 bits per heavy atom. The van der Waals surface area contributed by atoms with E-state index >= 15 is 0 Å². The van der Waals surface area contributed by atoms with Crippen LogP contribution in [0.4, 0.5) is 0 Å². The second-order valence-electron chi connectivity index (χ2n) is 7.52. The molecule has 2 amide bonds.